The van der Waals surface area contributed by atoms with Gasteiger partial charge in [0.15, 0.2) is 0 Å². The highest BCUT2D eigenvalue weighted by molar-refractivity contribution is 5.98. The number of aromatic nitrogens is 2. The lowest BCUT2D eigenvalue weighted by Gasteiger charge is -2.27. The molecular formula is C46H31N3. The molecule has 0 saturated heterocycles. The quantitative estimate of drug-likeness (QED) is 0.184. The van der Waals surface area contributed by atoms with Gasteiger partial charge in [0, 0.05) is 22.2 Å². The van der Waals surface area contributed by atoms with Crippen molar-refractivity contribution in [1.29, 1.82) is 0 Å². The molecule has 3 heteroatoms. The van der Waals surface area contributed by atoms with Crippen LogP contribution in [0.5, 0.6) is 0 Å². The van der Waals surface area contributed by atoms with Gasteiger partial charge in [-0.3, -0.25) is 4.90 Å². The third-order valence-corrected chi connectivity index (χ3v) is 9.23. The van der Waals surface area contributed by atoms with Gasteiger partial charge in [0.25, 0.3) is 0 Å². The van der Waals surface area contributed by atoms with Crippen molar-refractivity contribution in [1.82, 2.24) is 9.97 Å². The van der Waals surface area contributed by atoms with Crippen LogP contribution in [0.15, 0.2) is 188 Å². The van der Waals surface area contributed by atoms with Crippen LogP contribution in [-0.4, -0.2) is 9.97 Å². The van der Waals surface area contributed by atoms with Crippen LogP contribution in [-0.2, 0) is 0 Å². The van der Waals surface area contributed by atoms with Crippen LogP contribution in [0.3, 0.4) is 0 Å². The number of hydrogen-bond acceptors (Lipinski definition) is 3. The summed E-state index contributed by atoms with van der Waals surface area (Å²) in [6, 6.07) is 66.4. The molecule has 0 bridgehead atoms. The van der Waals surface area contributed by atoms with Crippen molar-refractivity contribution >= 4 is 49.8 Å². The zero-order valence-corrected chi connectivity index (χ0v) is 26.7. The summed E-state index contributed by atoms with van der Waals surface area (Å²) in [6.07, 6.45) is 0. The maximum Gasteiger partial charge on any atom is 0.235 e. The summed E-state index contributed by atoms with van der Waals surface area (Å²) in [7, 11) is 0. The topological polar surface area (TPSA) is 29.0 Å². The molecule has 9 aromatic rings. The fraction of sp³-hybridized carbons (Fsp3) is 0. The van der Waals surface area contributed by atoms with E-state index in [1.165, 1.54) is 21.7 Å². The third kappa shape index (κ3) is 5.38. The van der Waals surface area contributed by atoms with Gasteiger partial charge in [-0.25, -0.2) is 9.97 Å². The second-order valence-electron chi connectivity index (χ2n) is 12.3. The van der Waals surface area contributed by atoms with E-state index in [9.17, 15) is 0 Å². The zero-order chi connectivity index (χ0) is 32.6. The summed E-state index contributed by atoms with van der Waals surface area (Å²) in [6.45, 7) is 0. The first-order chi connectivity index (χ1) is 24.3. The Kier molecular flexibility index (Phi) is 7.14. The molecule has 49 heavy (non-hydrogen) atoms. The Balaban J connectivity index is 1.35. The molecule has 0 aliphatic carbocycles. The van der Waals surface area contributed by atoms with Crippen molar-refractivity contribution in [3.05, 3.63) is 188 Å². The summed E-state index contributed by atoms with van der Waals surface area (Å²) in [5.41, 5.74) is 9.37. The van der Waals surface area contributed by atoms with E-state index in [4.69, 9.17) is 9.97 Å². The fourth-order valence-electron chi connectivity index (χ4n) is 6.79. The Labute approximate surface area is 285 Å². The predicted octanol–water partition coefficient (Wildman–Crippen LogP) is 12.4. The average Bonchev–Trinajstić information content (AvgIpc) is 3.18. The lowest BCUT2D eigenvalue weighted by Crippen LogP contribution is -2.15. The van der Waals surface area contributed by atoms with Crippen LogP contribution in [0.25, 0.3) is 66.0 Å². The second-order valence-corrected chi connectivity index (χ2v) is 12.3. The first-order valence-corrected chi connectivity index (χ1v) is 16.6. The van der Waals surface area contributed by atoms with Gasteiger partial charge in [-0.15, -0.1) is 0 Å². The summed E-state index contributed by atoms with van der Waals surface area (Å²) in [5, 5.41) is 5.77. The number of fused-ring (bicyclic) bond motifs is 3. The number of rotatable bonds is 6. The number of benzene rings is 8. The van der Waals surface area contributed by atoms with Gasteiger partial charge in [0.1, 0.15) is 0 Å². The fourth-order valence-corrected chi connectivity index (χ4v) is 6.79. The molecule has 0 spiro atoms. The van der Waals surface area contributed by atoms with E-state index in [0.29, 0.717) is 5.95 Å². The van der Waals surface area contributed by atoms with Crippen LogP contribution in [0, 0.1) is 0 Å². The molecule has 0 radical (unpaired) electrons. The van der Waals surface area contributed by atoms with Crippen LogP contribution in [0.2, 0.25) is 0 Å². The van der Waals surface area contributed by atoms with Crippen LogP contribution < -0.4 is 4.90 Å². The number of hydrogen-bond donors (Lipinski definition) is 0. The van der Waals surface area contributed by atoms with Crippen molar-refractivity contribution in [3.8, 4) is 33.5 Å². The number of nitrogens with zero attached hydrogens (tertiary/aromatic N) is 3. The summed E-state index contributed by atoms with van der Waals surface area (Å²) >= 11 is 0. The van der Waals surface area contributed by atoms with Crippen molar-refractivity contribution in [2.75, 3.05) is 4.90 Å². The standard InChI is InChI=1S/C46H31N3/c1-3-13-32(14-4-1)38-26-28-44(42(31-38)39-24-23-33-15-7-9-19-36(33)29-39)49(40-27-25-34-16-8-10-20-37(34)30-40)46-47-43-22-12-11-21-41(43)45(48-46)35-17-5-2-6-18-35/h1-31H. The van der Waals surface area contributed by atoms with Gasteiger partial charge < -0.3 is 0 Å². The molecule has 1 aromatic heterocycles. The van der Waals surface area contributed by atoms with E-state index in [-0.39, 0.29) is 0 Å². The minimum atomic E-state index is 0.613. The highest BCUT2D eigenvalue weighted by Gasteiger charge is 2.23. The average molecular weight is 626 g/mol. The van der Waals surface area contributed by atoms with E-state index in [1.807, 2.05) is 12.1 Å². The lowest BCUT2D eigenvalue weighted by molar-refractivity contribution is 1.11. The summed E-state index contributed by atoms with van der Waals surface area (Å²) < 4.78 is 0. The smallest absolute Gasteiger partial charge is 0.235 e. The van der Waals surface area contributed by atoms with E-state index >= 15 is 0 Å². The molecular weight excluding hydrogens is 595 g/mol. The molecule has 1 heterocycles. The van der Waals surface area contributed by atoms with Crippen molar-refractivity contribution in [2.45, 2.75) is 0 Å². The maximum absolute atomic E-state index is 5.38. The Morgan fingerprint density at radius 3 is 1.71 bits per heavy atom. The molecule has 0 fully saturated rings. The normalized spacial score (nSPS) is 11.3. The summed E-state index contributed by atoms with van der Waals surface area (Å²) in [5.74, 6) is 0.613. The SMILES string of the molecule is c1ccc(-c2ccc(N(c3ccc4ccccc4c3)c3nc(-c4ccccc4)c4ccccc4n3)c(-c3ccc4ccccc4c3)c2)cc1. The largest absolute Gasteiger partial charge is 0.278 e. The molecule has 230 valence electrons. The molecule has 0 unspecified atom stereocenters. The number of anilines is 3. The molecule has 0 saturated carbocycles. The molecule has 0 atom stereocenters. The second kappa shape index (κ2) is 12.2. The van der Waals surface area contributed by atoms with Crippen LogP contribution >= 0.6 is 0 Å². The van der Waals surface area contributed by atoms with Crippen molar-refractivity contribution in [3.63, 3.8) is 0 Å². The minimum absolute atomic E-state index is 0.613. The molecule has 8 aromatic carbocycles. The lowest BCUT2D eigenvalue weighted by atomic mass is 9.95. The number of para-hydroxylation sites is 1. The third-order valence-electron chi connectivity index (χ3n) is 9.23. The monoisotopic (exact) mass is 625 g/mol. The van der Waals surface area contributed by atoms with Gasteiger partial charge in [0.2, 0.25) is 5.95 Å². The molecule has 3 nitrogen and oxygen atoms in total. The van der Waals surface area contributed by atoms with Gasteiger partial charge in [-0.2, -0.15) is 0 Å². The zero-order valence-electron chi connectivity index (χ0n) is 26.7. The first kappa shape index (κ1) is 28.6. The van der Waals surface area contributed by atoms with E-state index in [2.05, 4.69) is 181 Å². The Hall–Kier alpha value is -6.58. The molecule has 0 N–H and O–H groups in total. The predicted molar refractivity (Wildman–Crippen MR) is 206 cm³/mol. The van der Waals surface area contributed by atoms with Crippen molar-refractivity contribution < 1.29 is 0 Å². The van der Waals surface area contributed by atoms with E-state index in [0.717, 1.165) is 55.6 Å². The molecule has 0 aliphatic heterocycles. The Bertz CT molecular complexity index is 2610. The Morgan fingerprint density at radius 2 is 0.959 bits per heavy atom. The van der Waals surface area contributed by atoms with E-state index in [1.54, 1.807) is 0 Å². The van der Waals surface area contributed by atoms with Crippen LogP contribution in [0.1, 0.15) is 0 Å². The molecule has 0 aliphatic rings. The van der Waals surface area contributed by atoms with Gasteiger partial charge >= 0.3 is 0 Å². The van der Waals surface area contributed by atoms with Crippen molar-refractivity contribution in [2.24, 2.45) is 0 Å². The highest BCUT2D eigenvalue weighted by Crippen LogP contribution is 2.44. The summed E-state index contributed by atoms with van der Waals surface area (Å²) in [4.78, 5) is 12.9. The molecule has 9 rings (SSSR count). The maximum atomic E-state index is 5.38. The molecule has 0 amide bonds. The van der Waals surface area contributed by atoms with E-state index < -0.39 is 0 Å². The van der Waals surface area contributed by atoms with Gasteiger partial charge in [-0.1, -0.05) is 152 Å². The first-order valence-electron chi connectivity index (χ1n) is 16.6. The minimum Gasteiger partial charge on any atom is -0.278 e. The van der Waals surface area contributed by atoms with Gasteiger partial charge in [0.05, 0.1) is 16.9 Å². The van der Waals surface area contributed by atoms with Gasteiger partial charge in [-0.05, 0) is 74.6 Å². The van der Waals surface area contributed by atoms with Crippen LogP contribution in [0.4, 0.5) is 17.3 Å². The Morgan fingerprint density at radius 1 is 0.367 bits per heavy atom. The highest BCUT2D eigenvalue weighted by atomic mass is 15.3.